The minimum absolute atomic E-state index is 0.0144. The van der Waals surface area contributed by atoms with Crippen LogP contribution in [0, 0.1) is 17.3 Å². The molecule has 5 nitrogen and oxygen atoms in total. The number of hydrogen-bond acceptors (Lipinski definition) is 5. The van der Waals surface area contributed by atoms with E-state index in [1.54, 1.807) is 7.11 Å². The molecule has 130 valence electrons. The second kappa shape index (κ2) is 6.11. The summed E-state index contributed by atoms with van der Waals surface area (Å²) in [6.07, 6.45) is 0. The highest BCUT2D eigenvalue weighted by Gasteiger charge is 2.70. The molecule has 1 heterocycles. The predicted molar refractivity (Wildman–Crippen MR) is 91.4 cm³/mol. The Kier molecular flexibility index (Phi) is 4.28. The Hall–Kier alpha value is -2.04. The first-order valence-electron chi connectivity index (χ1n) is 8.36. The van der Waals surface area contributed by atoms with Gasteiger partial charge in [0, 0.05) is 5.92 Å². The van der Waals surface area contributed by atoms with E-state index in [9.17, 15) is 4.79 Å². The molecule has 2 aliphatic rings. The maximum Gasteiger partial charge on any atom is 0.310 e. The van der Waals surface area contributed by atoms with Crippen LogP contribution in [0.3, 0.4) is 0 Å². The van der Waals surface area contributed by atoms with Gasteiger partial charge in [0.05, 0.1) is 31.6 Å². The lowest BCUT2D eigenvalue weighted by Crippen LogP contribution is -2.19. The maximum atomic E-state index is 12.3. The Morgan fingerprint density at radius 3 is 2.46 bits per heavy atom. The number of methoxy groups -OCH3 is 2. The molecule has 1 aliphatic heterocycles. The normalized spacial score (nSPS) is 31.4. The van der Waals surface area contributed by atoms with Crippen LogP contribution in [0.25, 0.3) is 0 Å². The highest BCUT2D eigenvalue weighted by Crippen LogP contribution is 2.66. The number of carbonyl (C=O) groups is 1. The summed E-state index contributed by atoms with van der Waals surface area (Å²) in [5.74, 6) is 1.45. The quantitative estimate of drug-likeness (QED) is 0.778. The van der Waals surface area contributed by atoms with Crippen LogP contribution >= 0.6 is 0 Å². The molecule has 1 saturated carbocycles. The molecule has 0 amide bonds. The molecular formula is C19H25NO4. The van der Waals surface area contributed by atoms with Gasteiger partial charge in [-0.3, -0.25) is 4.79 Å². The van der Waals surface area contributed by atoms with Crippen molar-refractivity contribution in [2.24, 2.45) is 22.2 Å². The predicted octanol–water partition coefficient (Wildman–Crippen LogP) is 3.04. The van der Waals surface area contributed by atoms with Crippen molar-refractivity contribution in [3.05, 3.63) is 29.8 Å². The molecule has 24 heavy (non-hydrogen) atoms. The van der Waals surface area contributed by atoms with Crippen molar-refractivity contribution >= 4 is 11.9 Å². The molecular weight excluding hydrogens is 306 g/mol. The second-order valence-corrected chi connectivity index (χ2v) is 7.09. The van der Waals surface area contributed by atoms with Crippen molar-refractivity contribution in [3.8, 4) is 5.75 Å². The Morgan fingerprint density at radius 1 is 1.29 bits per heavy atom. The summed E-state index contributed by atoms with van der Waals surface area (Å²) in [5.41, 5.74) is 0.638. The number of hydrogen-bond donors (Lipinski definition) is 0. The van der Waals surface area contributed by atoms with Gasteiger partial charge in [-0.1, -0.05) is 26.0 Å². The Balaban J connectivity index is 1.92. The maximum absolute atomic E-state index is 12.3. The first kappa shape index (κ1) is 16.8. The van der Waals surface area contributed by atoms with Gasteiger partial charge >= 0.3 is 5.97 Å². The summed E-state index contributed by atoms with van der Waals surface area (Å²) in [6.45, 7) is 6.90. The average molecular weight is 331 g/mol. The van der Waals surface area contributed by atoms with Crippen LogP contribution in [0.4, 0.5) is 0 Å². The summed E-state index contributed by atoms with van der Waals surface area (Å²) in [6, 6.07) is 7.99. The van der Waals surface area contributed by atoms with Crippen molar-refractivity contribution in [1.82, 2.24) is 0 Å². The summed E-state index contributed by atoms with van der Waals surface area (Å²) >= 11 is 0. The topological polar surface area (TPSA) is 57.1 Å². The van der Waals surface area contributed by atoms with Gasteiger partial charge in [0.2, 0.25) is 0 Å². The largest absolute Gasteiger partial charge is 0.497 e. The standard InChI is InChI=1S/C19H25NO4/c1-11(2)14-10-24-18(20-14)19(3)15(16(19)17(21)23-5)12-6-8-13(22-4)9-7-12/h6-9,11,14-16H,10H2,1-5H3/t14-,15-,16+,19-/m1/s1. The third-order valence-electron chi connectivity index (χ3n) is 5.35. The summed E-state index contributed by atoms with van der Waals surface area (Å²) in [7, 11) is 3.07. The number of benzene rings is 1. The van der Waals surface area contributed by atoms with Crippen LogP contribution in [0.1, 0.15) is 32.3 Å². The zero-order valence-corrected chi connectivity index (χ0v) is 14.9. The van der Waals surface area contributed by atoms with Gasteiger partial charge in [0.15, 0.2) is 5.90 Å². The van der Waals surface area contributed by atoms with Crippen molar-refractivity contribution in [2.45, 2.75) is 32.7 Å². The molecule has 0 saturated heterocycles. The van der Waals surface area contributed by atoms with Crippen LogP contribution in [0.5, 0.6) is 5.75 Å². The lowest BCUT2D eigenvalue weighted by Gasteiger charge is -2.11. The number of carbonyl (C=O) groups excluding carboxylic acids is 1. The lowest BCUT2D eigenvalue weighted by atomic mass is 10.0. The lowest BCUT2D eigenvalue weighted by molar-refractivity contribution is -0.142. The summed E-state index contributed by atoms with van der Waals surface area (Å²) < 4.78 is 16.1. The van der Waals surface area contributed by atoms with Crippen LogP contribution in [-0.4, -0.2) is 38.7 Å². The van der Waals surface area contributed by atoms with E-state index in [4.69, 9.17) is 19.2 Å². The van der Waals surface area contributed by atoms with Crippen LogP contribution in [0.15, 0.2) is 29.3 Å². The number of nitrogens with zero attached hydrogens (tertiary/aromatic N) is 1. The van der Waals surface area contributed by atoms with Crippen LogP contribution in [0.2, 0.25) is 0 Å². The smallest absolute Gasteiger partial charge is 0.310 e. The van der Waals surface area contributed by atoms with Gasteiger partial charge in [0.1, 0.15) is 12.4 Å². The molecule has 3 rings (SSSR count). The van der Waals surface area contributed by atoms with E-state index in [0.29, 0.717) is 18.4 Å². The molecule has 1 aromatic rings. The molecule has 0 spiro atoms. The molecule has 0 radical (unpaired) electrons. The fraction of sp³-hybridized carbons (Fsp3) is 0.579. The molecule has 5 heteroatoms. The first-order chi connectivity index (χ1) is 11.4. The number of esters is 1. The van der Waals surface area contributed by atoms with E-state index in [0.717, 1.165) is 11.3 Å². The fourth-order valence-electron chi connectivity index (χ4n) is 3.66. The molecule has 1 aliphatic carbocycles. The Labute approximate surface area is 143 Å². The zero-order chi connectivity index (χ0) is 17.5. The van der Waals surface area contributed by atoms with Gasteiger partial charge in [-0.2, -0.15) is 0 Å². The Morgan fingerprint density at radius 2 is 1.96 bits per heavy atom. The molecule has 4 atom stereocenters. The minimum atomic E-state index is -0.439. The van der Waals surface area contributed by atoms with Crippen LogP contribution < -0.4 is 4.74 Å². The van der Waals surface area contributed by atoms with Gasteiger partial charge in [-0.15, -0.1) is 0 Å². The first-order valence-corrected chi connectivity index (χ1v) is 8.36. The van der Waals surface area contributed by atoms with Crippen molar-refractivity contribution in [3.63, 3.8) is 0 Å². The van der Waals surface area contributed by atoms with Crippen molar-refractivity contribution in [2.75, 3.05) is 20.8 Å². The molecule has 1 aromatic carbocycles. The van der Waals surface area contributed by atoms with E-state index in [2.05, 4.69) is 13.8 Å². The summed E-state index contributed by atoms with van der Waals surface area (Å²) in [5, 5.41) is 0. The highest BCUT2D eigenvalue weighted by molar-refractivity contribution is 5.97. The third kappa shape index (κ3) is 2.56. The number of aliphatic imine (C=N–C) groups is 1. The zero-order valence-electron chi connectivity index (χ0n) is 14.9. The van der Waals surface area contributed by atoms with E-state index >= 15 is 0 Å². The number of rotatable bonds is 5. The van der Waals surface area contributed by atoms with E-state index in [1.807, 2.05) is 31.2 Å². The van der Waals surface area contributed by atoms with Gasteiger partial charge in [-0.25, -0.2) is 4.99 Å². The van der Waals surface area contributed by atoms with E-state index in [-0.39, 0.29) is 23.8 Å². The fourth-order valence-corrected chi connectivity index (χ4v) is 3.66. The molecule has 0 aromatic heterocycles. The second-order valence-electron chi connectivity index (χ2n) is 7.09. The van der Waals surface area contributed by atoms with Crippen LogP contribution in [-0.2, 0) is 14.3 Å². The van der Waals surface area contributed by atoms with E-state index < -0.39 is 5.41 Å². The molecule has 0 N–H and O–H groups in total. The molecule has 0 unspecified atom stereocenters. The molecule has 0 bridgehead atoms. The average Bonchev–Trinajstić information content (AvgIpc) is 2.98. The Bertz CT molecular complexity index is 652. The monoisotopic (exact) mass is 331 g/mol. The van der Waals surface area contributed by atoms with Gasteiger partial charge in [-0.05, 0) is 30.5 Å². The van der Waals surface area contributed by atoms with Crippen molar-refractivity contribution in [1.29, 1.82) is 0 Å². The summed E-state index contributed by atoms with van der Waals surface area (Å²) in [4.78, 5) is 17.1. The minimum Gasteiger partial charge on any atom is -0.497 e. The molecule has 1 fully saturated rings. The third-order valence-corrected chi connectivity index (χ3v) is 5.35. The van der Waals surface area contributed by atoms with Gasteiger partial charge in [0.25, 0.3) is 0 Å². The SMILES string of the molecule is COC(=O)[C@@H]1[C@@H](c2ccc(OC)cc2)[C@@]1(C)C1=N[C@@H](C(C)C)CO1. The van der Waals surface area contributed by atoms with Gasteiger partial charge < -0.3 is 14.2 Å². The van der Waals surface area contributed by atoms with E-state index in [1.165, 1.54) is 7.11 Å². The number of ether oxygens (including phenoxy) is 3. The van der Waals surface area contributed by atoms with Crippen molar-refractivity contribution < 1.29 is 19.0 Å². The highest BCUT2D eigenvalue weighted by atomic mass is 16.5.